The normalized spacial score (nSPS) is 11.9. The van der Waals surface area contributed by atoms with E-state index in [1.165, 1.54) is 18.8 Å². The van der Waals surface area contributed by atoms with Gasteiger partial charge in [0, 0.05) is 24.2 Å². The van der Waals surface area contributed by atoms with Gasteiger partial charge in [0.05, 0.1) is 5.75 Å². The lowest BCUT2D eigenvalue weighted by Crippen LogP contribution is -2.38. The molecule has 1 aromatic heterocycles. The molecule has 28 heavy (non-hydrogen) atoms. The third kappa shape index (κ3) is 6.53. The molecule has 2 rings (SSSR count). The molecule has 0 bridgehead atoms. The van der Waals surface area contributed by atoms with Crippen LogP contribution in [0.1, 0.15) is 33.1 Å². The average Bonchev–Trinajstić information content (AvgIpc) is 3.07. The van der Waals surface area contributed by atoms with Crippen molar-refractivity contribution in [1.82, 2.24) is 25.4 Å². The molecule has 2 aromatic rings. The van der Waals surface area contributed by atoms with Crippen LogP contribution in [0.5, 0.6) is 0 Å². The second-order valence-electron chi connectivity index (χ2n) is 6.59. The van der Waals surface area contributed by atoms with Crippen molar-refractivity contribution < 1.29 is 9.59 Å². The third-order valence-electron chi connectivity index (χ3n) is 4.18. The average molecular weight is 424 g/mol. The summed E-state index contributed by atoms with van der Waals surface area (Å²) >= 11 is 7.26. The van der Waals surface area contributed by atoms with Crippen molar-refractivity contribution in [2.24, 2.45) is 5.92 Å². The second kappa shape index (κ2) is 11.1. The minimum atomic E-state index is -0.526. The van der Waals surface area contributed by atoms with Crippen molar-refractivity contribution in [3.05, 3.63) is 29.3 Å². The van der Waals surface area contributed by atoms with Crippen LogP contribution in [0.15, 0.2) is 29.4 Å². The molecule has 0 fully saturated rings. The maximum absolute atomic E-state index is 11.9. The number of halogens is 1. The summed E-state index contributed by atoms with van der Waals surface area (Å²) < 4.78 is 2.04. The van der Waals surface area contributed by atoms with E-state index in [9.17, 15) is 9.59 Å². The molecular weight excluding hydrogens is 398 g/mol. The molecule has 3 amide bonds. The van der Waals surface area contributed by atoms with Crippen LogP contribution >= 0.6 is 23.4 Å². The van der Waals surface area contributed by atoms with Gasteiger partial charge in [-0.15, -0.1) is 10.2 Å². The van der Waals surface area contributed by atoms with Gasteiger partial charge in [-0.2, -0.15) is 0 Å². The van der Waals surface area contributed by atoms with Crippen molar-refractivity contribution in [1.29, 1.82) is 0 Å². The van der Waals surface area contributed by atoms with Crippen molar-refractivity contribution in [2.75, 3.05) is 12.8 Å². The van der Waals surface area contributed by atoms with Crippen LogP contribution in [-0.2, 0) is 11.3 Å². The van der Waals surface area contributed by atoms with E-state index >= 15 is 0 Å². The molecule has 0 saturated heterocycles. The number of thioether (sulfide) groups is 1. The molecule has 0 aliphatic heterocycles. The van der Waals surface area contributed by atoms with E-state index in [2.05, 4.69) is 34.7 Å². The number of hydrogen-bond donors (Lipinski definition) is 2. The molecule has 0 aliphatic carbocycles. The summed E-state index contributed by atoms with van der Waals surface area (Å²) in [5.74, 6) is 0.886. The molecular formula is C19H26ClN5O2S. The summed E-state index contributed by atoms with van der Waals surface area (Å²) in [5, 5.41) is 14.5. The number of urea groups is 1. The van der Waals surface area contributed by atoms with Crippen LogP contribution in [0, 0.1) is 5.92 Å². The first kappa shape index (κ1) is 22.2. The summed E-state index contributed by atoms with van der Waals surface area (Å²) in [4.78, 5) is 23.2. The Morgan fingerprint density at radius 2 is 1.96 bits per heavy atom. The SMILES string of the molecule is CCCC[C@H](C)Cn1c(SCC(=O)NC(=O)NC)nnc1-c1ccc(Cl)cc1. The monoisotopic (exact) mass is 423 g/mol. The smallest absolute Gasteiger partial charge is 0.321 e. The highest BCUT2D eigenvalue weighted by atomic mass is 35.5. The number of rotatable bonds is 9. The zero-order valence-corrected chi connectivity index (χ0v) is 17.9. The molecule has 0 spiro atoms. The van der Waals surface area contributed by atoms with E-state index in [4.69, 9.17) is 11.6 Å². The van der Waals surface area contributed by atoms with E-state index in [0.717, 1.165) is 37.2 Å². The summed E-state index contributed by atoms with van der Waals surface area (Å²) in [6.45, 7) is 5.13. The van der Waals surface area contributed by atoms with Crippen molar-refractivity contribution in [2.45, 2.75) is 44.8 Å². The summed E-state index contributed by atoms with van der Waals surface area (Å²) in [6.07, 6.45) is 3.42. The zero-order valence-electron chi connectivity index (χ0n) is 16.4. The van der Waals surface area contributed by atoms with Crippen molar-refractivity contribution in [3.63, 3.8) is 0 Å². The minimum Gasteiger partial charge on any atom is -0.341 e. The predicted molar refractivity (Wildman–Crippen MR) is 112 cm³/mol. The Kier molecular flexibility index (Phi) is 8.79. The number of benzene rings is 1. The van der Waals surface area contributed by atoms with E-state index in [1.54, 1.807) is 0 Å². The van der Waals surface area contributed by atoms with Gasteiger partial charge in [0.25, 0.3) is 0 Å². The van der Waals surface area contributed by atoms with Crippen LogP contribution in [0.3, 0.4) is 0 Å². The number of nitrogens with zero attached hydrogens (tertiary/aromatic N) is 3. The Labute approximate surface area is 174 Å². The van der Waals surface area contributed by atoms with Gasteiger partial charge < -0.3 is 9.88 Å². The summed E-state index contributed by atoms with van der Waals surface area (Å²) in [5.41, 5.74) is 0.918. The number of imide groups is 1. The largest absolute Gasteiger partial charge is 0.341 e. The Bertz CT molecular complexity index is 794. The fraction of sp³-hybridized carbons (Fsp3) is 0.474. The lowest BCUT2D eigenvalue weighted by atomic mass is 10.0. The number of amides is 3. The van der Waals surface area contributed by atoms with Gasteiger partial charge in [-0.3, -0.25) is 10.1 Å². The van der Waals surface area contributed by atoms with Crippen LogP contribution in [0.2, 0.25) is 5.02 Å². The van der Waals surface area contributed by atoms with E-state index < -0.39 is 6.03 Å². The lowest BCUT2D eigenvalue weighted by molar-refractivity contribution is -0.117. The number of aromatic nitrogens is 3. The highest BCUT2D eigenvalue weighted by Gasteiger charge is 2.18. The number of carbonyl (C=O) groups excluding carboxylic acids is 2. The lowest BCUT2D eigenvalue weighted by Gasteiger charge is -2.15. The van der Waals surface area contributed by atoms with Crippen LogP contribution < -0.4 is 10.6 Å². The molecule has 0 radical (unpaired) electrons. The van der Waals surface area contributed by atoms with E-state index in [-0.39, 0.29) is 11.7 Å². The minimum absolute atomic E-state index is 0.0789. The summed E-state index contributed by atoms with van der Waals surface area (Å²) in [7, 11) is 1.46. The molecule has 1 atom stereocenters. The first-order valence-corrected chi connectivity index (χ1v) is 10.6. The maximum Gasteiger partial charge on any atom is 0.321 e. The fourth-order valence-corrected chi connectivity index (χ4v) is 3.56. The Morgan fingerprint density at radius 1 is 1.25 bits per heavy atom. The number of nitrogens with one attached hydrogen (secondary N) is 2. The Hall–Kier alpha value is -2.06. The molecule has 1 aromatic carbocycles. The van der Waals surface area contributed by atoms with Gasteiger partial charge in [-0.1, -0.05) is 50.1 Å². The molecule has 0 aliphatic rings. The van der Waals surface area contributed by atoms with Gasteiger partial charge >= 0.3 is 6.03 Å². The van der Waals surface area contributed by atoms with Crippen molar-refractivity contribution in [3.8, 4) is 11.4 Å². The van der Waals surface area contributed by atoms with Gasteiger partial charge in [-0.05, 0) is 36.6 Å². The Balaban J connectivity index is 2.20. The van der Waals surface area contributed by atoms with Crippen LogP contribution in [0.25, 0.3) is 11.4 Å². The molecule has 2 N–H and O–H groups in total. The van der Waals surface area contributed by atoms with Crippen LogP contribution in [-0.4, -0.2) is 39.5 Å². The highest BCUT2D eigenvalue weighted by Crippen LogP contribution is 2.27. The standard InChI is InChI=1S/C19H26ClN5O2S/c1-4-5-6-13(2)11-25-17(14-7-9-15(20)10-8-14)23-24-19(25)28-12-16(26)22-18(27)21-3/h7-10,13H,4-6,11-12H2,1-3H3,(H2,21,22,26,27)/t13-/m0/s1. The second-order valence-corrected chi connectivity index (χ2v) is 7.97. The topological polar surface area (TPSA) is 88.9 Å². The van der Waals surface area contributed by atoms with Crippen molar-refractivity contribution >= 4 is 35.3 Å². The molecule has 9 heteroatoms. The zero-order chi connectivity index (χ0) is 20.5. The first-order chi connectivity index (χ1) is 13.4. The number of hydrogen-bond acceptors (Lipinski definition) is 5. The first-order valence-electron chi connectivity index (χ1n) is 9.28. The maximum atomic E-state index is 11.9. The van der Waals surface area contributed by atoms with Gasteiger partial charge in [-0.25, -0.2) is 4.79 Å². The van der Waals surface area contributed by atoms with Gasteiger partial charge in [0.2, 0.25) is 5.91 Å². The number of carbonyl (C=O) groups is 2. The fourth-order valence-electron chi connectivity index (χ4n) is 2.68. The number of unbranched alkanes of at least 4 members (excludes halogenated alkanes) is 1. The third-order valence-corrected chi connectivity index (χ3v) is 5.40. The summed E-state index contributed by atoms with van der Waals surface area (Å²) in [6, 6.07) is 6.93. The highest BCUT2D eigenvalue weighted by molar-refractivity contribution is 7.99. The molecule has 0 unspecified atom stereocenters. The molecule has 1 heterocycles. The van der Waals surface area contributed by atoms with Gasteiger partial charge in [0.1, 0.15) is 0 Å². The Morgan fingerprint density at radius 3 is 2.61 bits per heavy atom. The van der Waals surface area contributed by atoms with E-state index in [1.807, 2.05) is 28.8 Å². The quantitative estimate of drug-likeness (QED) is 0.595. The predicted octanol–water partition coefficient (Wildman–Crippen LogP) is 3.97. The van der Waals surface area contributed by atoms with Crippen LogP contribution in [0.4, 0.5) is 4.79 Å². The van der Waals surface area contributed by atoms with Gasteiger partial charge in [0.15, 0.2) is 11.0 Å². The molecule has 7 nitrogen and oxygen atoms in total. The molecule has 0 saturated carbocycles. The van der Waals surface area contributed by atoms with E-state index in [0.29, 0.717) is 16.1 Å². The molecule has 152 valence electrons.